The third kappa shape index (κ3) is 4.90. The van der Waals surface area contributed by atoms with Crippen LogP contribution in [-0.2, 0) is 11.3 Å². The van der Waals surface area contributed by atoms with E-state index in [2.05, 4.69) is 0 Å². The number of benzene rings is 1. The number of ether oxygens (including phenoxy) is 1. The van der Waals surface area contributed by atoms with Crippen molar-refractivity contribution in [3.63, 3.8) is 0 Å². The molecular formula is C18H26F2N2O2. The predicted molar refractivity (Wildman–Crippen MR) is 89.0 cm³/mol. The zero-order valence-corrected chi connectivity index (χ0v) is 14.7. The van der Waals surface area contributed by atoms with E-state index in [-0.39, 0.29) is 12.6 Å². The number of rotatable bonds is 3. The van der Waals surface area contributed by atoms with Gasteiger partial charge in [-0.15, -0.1) is 0 Å². The number of halogens is 2. The lowest BCUT2D eigenvalue weighted by Gasteiger charge is -2.45. The molecule has 1 saturated heterocycles. The molecule has 2 rings (SSSR count). The first kappa shape index (κ1) is 18.6. The molecule has 0 bridgehead atoms. The van der Waals surface area contributed by atoms with Crippen LogP contribution in [0.15, 0.2) is 30.3 Å². The van der Waals surface area contributed by atoms with Crippen LogP contribution in [0.1, 0.15) is 33.3 Å². The molecule has 134 valence electrons. The van der Waals surface area contributed by atoms with Crippen molar-refractivity contribution in [2.45, 2.75) is 58.3 Å². The topological polar surface area (TPSA) is 32.8 Å². The van der Waals surface area contributed by atoms with E-state index in [4.69, 9.17) is 4.74 Å². The number of hydrogen-bond donors (Lipinski definition) is 0. The molecule has 1 aromatic rings. The van der Waals surface area contributed by atoms with Crippen molar-refractivity contribution in [3.8, 4) is 0 Å². The SMILES string of the molecule is C[C@@H]1CN(Cc2ccccc2)[C@@H](C(F)F)CN1C(=O)OC(C)(C)C. The number of alkyl halides is 2. The van der Waals surface area contributed by atoms with Gasteiger partial charge in [-0.3, -0.25) is 4.90 Å². The molecule has 0 spiro atoms. The van der Waals surface area contributed by atoms with Gasteiger partial charge in [0, 0.05) is 25.7 Å². The van der Waals surface area contributed by atoms with Crippen LogP contribution >= 0.6 is 0 Å². The Morgan fingerprint density at radius 3 is 2.42 bits per heavy atom. The molecule has 1 fully saturated rings. The first-order chi connectivity index (χ1) is 11.2. The summed E-state index contributed by atoms with van der Waals surface area (Å²) in [5, 5.41) is 0. The summed E-state index contributed by atoms with van der Waals surface area (Å²) >= 11 is 0. The summed E-state index contributed by atoms with van der Waals surface area (Å²) in [7, 11) is 0. The number of piperazine rings is 1. The second-order valence-corrected chi connectivity index (χ2v) is 7.30. The summed E-state index contributed by atoms with van der Waals surface area (Å²) in [4.78, 5) is 15.5. The van der Waals surface area contributed by atoms with Crippen LogP contribution in [0.5, 0.6) is 0 Å². The average molecular weight is 340 g/mol. The lowest BCUT2D eigenvalue weighted by molar-refractivity contribution is -0.0545. The molecule has 24 heavy (non-hydrogen) atoms. The third-order valence-corrected chi connectivity index (χ3v) is 4.03. The molecule has 6 heteroatoms. The Kier molecular flexibility index (Phi) is 5.80. The summed E-state index contributed by atoms with van der Waals surface area (Å²) in [6.07, 6.45) is -3.05. The highest BCUT2D eigenvalue weighted by Crippen LogP contribution is 2.24. The second-order valence-electron chi connectivity index (χ2n) is 7.30. The van der Waals surface area contributed by atoms with E-state index < -0.39 is 24.2 Å². The zero-order chi connectivity index (χ0) is 17.9. The van der Waals surface area contributed by atoms with Crippen molar-refractivity contribution in [3.05, 3.63) is 35.9 Å². The molecular weight excluding hydrogens is 314 g/mol. The maximum Gasteiger partial charge on any atom is 0.410 e. The average Bonchev–Trinajstić information content (AvgIpc) is 2.46. The monoisotopic (exact) mass is 340 g/mol. The lowest BCUT2D eigenvalue weighted by atomic mass is 10.1. The molecule has 2 atom stereocenters. The van der Waals surface area contributed by atoms with Gasteiger partial charge < -0.3 is 9.64 Å². The number of amides is 1. The summed E-state index contributed by atoms with van der Waals surface area (Å²) in [6, 6.07) is 8.37. The third-order valence-electron chi connectivity index (χ3n) is 4.03. The molecule has 0 radical (unpaired) electrons. The van der Waals surface area contributed by atoms with Crippen molar-refractivity contribution in [1.82, 2.24) is 9.80 Å². The highest BCUT2D eigenvalue weighted by Gasteiger charge is 2.40. The van der Waals surface area contributed by atoms with Gasteiger partial charge in [-0.25, -0.2) is 13.6 Å². The molecule has 0 saturated carbocycles. The Labute approximate surface area is 142 Å². The Morgan fingerprint density at radius 2 is 1.88 bits per heavy atom. The van der Waals surface area contributed by atoms with Gasteiger partial charge in [0.1, 0.15) is 5.60 Å². The van der Waals surface area contributed by atoms with Crippen LogP contribution in [0, 0.1) is 0 Å². The smallest absolute Gasteiger partial charge is 0.410 e. The Balaban J connectivity index is 2.10. The lowest BCUT2D eigenvalue weighted by Crippen LogP contribution is -2.61. The first-order valence-corrected chi connectivity index (χ1v) is 8.23. The first-order valence-electron chi connectivity index (χ1n) is 8.23. The van der Waals surface area contributed by atoms with Gasteiger partial charge in [-0.1, -0.05) is 30.3 Å². The highest BCUT2D eigenvalue weighted by molar-refractivity contribution is 5.68. The van der Waals surface area contributed by atoms with Gasteiger partial charge in [0.05, 0.1) is 6.04 Å². The van der Waals surface area contributed by atoms with Gasteiger partial charge in [0.2, 0.25) is 0 Å². The van der Waals surface area contributed by atoms with Crippen molar-refractivity contribution in [1.29, 1.82) is 0 Å². The normalized spacial score (nSPS) is 22.7. The standard InChI is InChI=1S/C18H26F2N2O2/c1-13-10-21(11-14-8-6-5-7-9-14)15(16(19)20)12-22(13)17(23)24-18(2,3)4/h5-9,13,15-16H,10-12H2,1-4H3/t13-,15-/m1/s1. The molecule has 0 unspecified atom stereocenters. The van der Waals surface area contributed by atoms with Crippen LogP contribution in [0.25, 0.3) is 0 Å². The van der Waals surface area contributed by atoms with Gasteiger partial charge in [-0.2, -0.15) is 0 Å². The van der Waals surface area contributed by atoms with Gasteiger partial charge >= 0.3 is 6.09 Å². The minimum Gasteiger partial charge on any atom is -0.444 e. The van der Waals surface area contributed by atoms with E-state index in [0.29, 0.717) is 13.1 Å². The van der Waals surface area contributed by atoms with Gasteiger partial charge in [0.25, 0.3) is 6.43 Å². The molecule has 1 aliphatic heterocycles. The maximum absolute atomic E-state index is 13.6. The molecule has 0 aromatic heterocycles. The van der Waals surface area contributed by atoms with Crippen LogP contribution in [0.4, 0.5) is 13.6 Å². The van der Waals surface area contributed by atoms with Crippen LogP contribution in [0.2, 0.25) is 0 Å². The summed E-state index contributed by atoms with van der Waals surface area (Å²) in [5.74, 6) is 0. The molecule has 1 aliphatic rings. The van der Waals surface area contributed by atoms with E-state index in [9.17, 15) is 13.6 Å². The highest BCUT2D eigenvalue weighted by atomic mass is 19.3. The molecule has 1 amide bonds. The second kappa shape index (κ2) is 7.47. The van der Waals surface area contributed by atoms with Gasteiger partial charge in [-0.05, 0) is 33.3 Å². The number of carbonyl (C=O) groups excluding carboxylic acids is 1. The van der Waals surface area contributed by atoms with E-state index in [0.717, 1.165) is 5.56 Å². The van der Waals surface area contributed by atoms with Gasteiger partial charge in [0.15, 0.2) is 0 Å². The fourth-order valence-electron chi connectivity index (χ4n) is 2.88. The van der Waals surface area contributed by atoms with Crippen LogP contribution in [-0.4, -0.2) is 53.1 Å². The largest absolute Gasteiger partial charge is 0.444 e. The number of nitrogens with zero attached hydrogens (tertiary/aromatic N) is 2. The molecule has 0 aliphatic carbocycles. The van der Waals surface area contributed by atoms with E-state index in [1.54, 1.807) is 25.7 Å². The minimum atomic E-state index is -2.52. The molecule has 1 heterocycles. The Morgan fingerprint density at radius 1 is 1.25 bits per heavy atom. The van der Waals surface area contributed by atoms with Crippen LogP contribution in [0.3, 0.4) is 0 Å². The Bertz CT molecular complexity index is 546. The summed E-state index contributed by atoms with van der Waals surface area (Å²) in [5.41, 5.74) is 0.347. The van der Waals surface area contributed by atoms with E-state index in [1.165, 1.54) is 4.90 Å². The van der Waals surface area contributed by atoms with E-state index >= 15 is 0 Å². The summed E-state index contributed by atoms with van der Waals surface area (Å²) < 4.78 is 32.5. The fraction of sp³-hybridized carbons (Fsp3) is 0.611. The minimum absolute atomic E-state index is 0.0272. The molecule has 1 aromatic carbocycles. The maximum atomic E-state index is 13.6. The fourth-order valence-corrected chi connectivity index (χ4v) is 2.88. The van der Waals surface area contributed by atoms with Crippen molar-refractivity contribution < 1.29 is 18.3 Å². The summed E-state index contributed by atoms with van der Waals surface area (Å²) in [6.45, 7) is 7.99. The predicted octanol–water partition coefficient (Wildman–Crippen LogP) is 3.76. The van der Waals surface area contributed by atoms with Crippen molar-refractivity contribution in [2.75, 3.05) is 13.1 Å². The molecule has 4 nitrogen and oxygen atoms in total. The van der Waals surface area contributed by atoms with Crippen LogP contribution < -0.4 is 0 Å². The van der Waals surface area contributed by atoms with E-state index in [1.807, 2.05) is 37.3 Å². The number of carbonyl (C=O) groups is 1. The Hall–Kier alpha value is -1.69. The zero-order valence-electron chi connectivity index (χ0n) is 14.7. The molecule has 0 N–H and O–H groups in total. The van der Waals surface area contributed by atoms with Crippen molar-refractivity contribution >= 4 is 6.09 Å². The van der Waals surface area contributed by atoms with Crippen molar-refractivity contribution in [2.24, 2.45) is 0 Å². The quantitative estimate of drug-likeness (QED) is 0.840. The number of hydrogen-bond acceptors (Lipinski definition) is 3.